The number of anilines is 3. The molecule has 2 heterocycles. The predicted molar refractivity (Wildman–Crippen MR) is 219 cm³/mol. The first-order valence-electron chi connectivity index (χ1n) is 17.9. The number of aromatic nitrogens is 1. The van der Waals surface area contributed by atoms with Crippen molar-refractivity contribution in [3.8, 4) is 22.6 Å². The number of oxazole rings is 1. The standard InChI is InChI=1S/C49H30N2O2/c1-2-12-35-29-36(20-19-31(35)9-1)32-21-24-37(25-22-32)51(44-17-7-13-33-10-3-5-14-39(33)44)38-26-27-41-46(30-38)52-45-18-8-16-42(47(41)45)49-50-43-28-23-34-11-4-6-15-40(34)48(43)53-49/h1-30H. The molecule has 0 amide bonds. The van der Waals surface area contributed by atoms with Crippen LogP contribution in [0.4, 0.5) is 17.1 Å². The molecule has 0 fully saturated rings. The molecule has 0 saturated carbocycles. The van der Waals surface area contributed by atoms with Crippen LogP contribution in [0.15, 0.2) is 191 Å². The van der Waals surface area contributed by atoms with Crippen molar-refractivity contribution in [1.29, 1.82) is 0 Å². The van der Waals surface area contributed by atoms with E-state index in [0.717, 1.165) is 66.4 Å². The van der Waals surface area contributed by atoms with E-state index in [0.29, 0.717) is 5.89 Å². The molecule has 9 aromatic carbocycles. The third-order valence-corrected chi connectivity index (χ3v) is 10.5. The molecular weight excluding hydrogens is 649 g/mol. The summed E-state index contributed by atoms with van der Waals surface area (Å²) in [5, 5.41) is 9.01. The fourth-order valence-electron chi connectivity index (χ4n) is 7.91. The van der Waals surface area contributed by atoms with Gasteiger partial charge in [-0.1, -0.05) is 121 Å². The molecule has 11 rings (SSSR count). The van der Waals surface area contributed by atoms with Crippen LogP contribution in [0.2, 0.25) is 0 Å². The Morgan fingerprint density at radius 3 is 1.96 bits per heavy atom. The van der Waals surface area contributed by atoms with Gasteiger partial charge >= 0.3 is 0 Å². The molecule has 0 radical (unpaired) electrons. The van der Waals surface area contributed by atoms with E-state index in [4.69, 9.17) is 13.8 Å². The lowest BCUT2D eigenvalue weighted by Crippen LogP contribution is -2.10. The summed E-state index contributed by atoms with van der Waals surface area (Å²) in [7, 11) is 0. The van der Waals surface area contributed by atoms with E-state index in [-0.39, 0.29) is 0 Å². The third kappa shape index (κ3) is 4.80. The van der Waals surface area contributed by atoms with E-state index >= 15 is 0 Å². The molecule has 4 nitrogen and oxygen atoms in total. The lowest BCUT2D eigenvalue weighted by atomic mass is 10.0. The number of hydrogen-bond acceptors (Lipinski definition) is 4. The van der Waals surface area contributed by atoms with Crippen molar-refractivity contribution in [3.63, 3.8) is 0 Å². The zero-order valence-electron chi connectivity index (χ0n) is 28.5. The van der Waals surface area contributed by atoms with Crippen molar-refractivity contribution in [3.05, 3.63) is 182 Å². The molecule has 11 aromatic rings. The molecule has 0 atom stereocenters. The SMILES string of the molecule is c1ccc2cc(-c3ccc(N(c4ccc5c(c4)oc4cccc(-c6nc7ccc8ccccc8c7o6)c45)c4cccc5ccccc45)cc3)ccc2c1. The summed E-state index contributed by atoms with van der Waals surface area (Å²) < 4.78 is 13.1. The Kier molecular flexibility index (Phi) is 6.52. The summed E-state index contributed by atoms with van der Waals surface area (Å²) in [4.78, 5) is 7.28. The zero-order chi connectivity index (χ0) is 34.9. The third-order valence-electron chi connectivity index (χ3n) is 10.5. The molecule has 0 aliphatic rings. The maximum atomic E-state index is 6.62. The summed E-state index contributed by atoms with van der Waals surface area (Å²) >= 11 is 0. The minimum absolute atomic E-state index is 0.581. The molecule has 0 aliphatic heterocycles. The van der Waals surface area contributed by atoms with E-state index in [1.807, 2.05) is 30.3 Å². The van der Waals surface area contributed by atoms with Crippen LogP contribution in [0.1, 0.15) is 0 Å². The van der Waals surface area contributed by atoms with Gasteiger partial charge in [-0.05, 0) is 87.3 Å². The Bertz CT molecular complexity index is 3180. The van der Waals surface area contributed by atoms with Gasteiger partial charge in [0.25, 0.3) is 0 Å². The van der Waals surface area contributed by atoms with E-state index < -0.39 is 0 Å². The molecule has 0 bridgehead atoms. The Balaban J connectivity index is 1.06. The Labute approximate surface area is 304 Å². The van der Waals surface area contributed by atoms with Crippen molar-refractivity contribution in [2.45, 2.75) is 0 Å². The van der Waals surface area contributed by atoms with Crippen LogP contribution in [-0.4, -0.2) is 4.98 Å². The van der Waals surface area contributed by atoms with Crippen molar-refractivity contribution < 1.29 is 8.83 Å². The van der Waals surface area contributed by atoms with E-state index in [1.54, 1.807) is 0 Å². The monoisotopic (exact) mass is 678 g/mol. The Morgan fingerprint density at radius 1 is 0.415 bits per heavy atom. The number of benzene rings is 9. The van der Waals surface area contributed by atoms with Gasteiger partial charge in [-0.25, -0.2) is 4.98 Å². The fraction of sp³-hybridized carbons (Fsp3) is 0. The van der Waals surface area contributed by atoms with Gasteiger partial charge in [-0.3, -0.25) is 0 Å². The van der Waals surface area contributed by atoms with E-state index in [9.17, 15) is 0 Å². The Morgan fingerprint density at radius 2 is 1.09 bits per heavy atom. The van der Waals surface area contributed by atoms with Gasteiger partial charge in [0, 0.05) is 44.5 Å². The smallest absolute Gasteiger partial charge is 0.228 e. The molecule has 0 saturated heterocycles. The second-order valence-electron chi connectivity index (χ2n) is 13.6. The molecule has 0 unspecified atom stereocenters. The van der Waals surface area contributed by atoms with Crippen molar-refractivity contribution >= 4 is 82.4 Å². The zero-order valence-corrected chi connectivity index (χ0v) is 28.5. The van der Waals surface area contributed by atoms with Crippen LogP contribution < -0.4 is 4.90 Å². The molecule has 0 aliphatic carbocycles. The molecule has 0 N–H and O–H groups in total. The summed E-state index contributed by atoms with van der Waals surface area (Å²) in [5.41, 5.74) is 9.64. The number of hydrogen-bond donors (Lipinski definition) is 0. The lowest BCUT2D eigenvalue weighted by molar-refractivity contribution is 0.623. The quantitative estimate of drug-likeness (QED) is 0.182. The van der Waals surface area contributed by atoms with Gasteiger partial charge in [0.2, 0.25) is 5.89 Å². The van der Waals surface area contributed by atoms with Gasteiger partial charge < -0.3 is 13.7 Å². The van der Waals surface area contributed by atoms with Crippen LogP contribution in [-0.2, 0) is 0 Å². The maximum absolute atomic E-state index is 6.62. The summed E-state index contributed by atoms with van der Waals surface area (Å²) in [6, 6.07) is 64.0. The predicted octanol–water partition coefficient (Wildman–Crippen LogP) is 14.0. The summed E-state index contributed by atoms with van der Waals surface area (Å²) in [6.07, 6.45) is 0. The lowest BCUT2D eigenvalue weighted by Gasteiger charge is -2.27. The van der Waals surface area contributed by atoms with Crippen molar-refractivity contribution in [1.82, 2.24) is 4.98 Å². The van der Waals surface area contributed by atoms with E-state index in [1.165, 1.54) is 32.7 Å². The topological polar surface area (TPSA) is 42.4 Å². The Hall–Kier alpha value is -7.17. The van der Waals surface area contributed by atoms with Gasteiger partial charge in [0.05, 0.1) is 5.69 Å². The number of furan rings is 1. The van der Waals surface area contributed by atoms with E-state index in [2.05, 4.69) is 157 Å². The molecule has 53 heavy (non-hydrogen) atoms. The summed E-state index contributed by atoms with van der Waals surface area (Å²) in [5.74, 6) is 0.581. The van der Waals surface area contributed by atoms with Crippen LogP contribution >= 0.6 is 0 Å². The first kappa shape index (κ1) is 29.5. The molecular formula is C49H30N2O2. The van der Waals surface area contributed by atoms with Crippen molar-refractivity contribution in [2.24, 2.45) is 0 Å². The first-order valence-corrected chi connectivity index (χ1v) is 17.9. The largest absolute Gasteiger partial charge is 0.456 e. The maximum Gasteiger partial charge on any atom is 0.228 e. The van der Waals surface area contributed by atoms with Crippen LogP contribution in [0.5, 0.6) is 0 Å². The molecule has 2 aromatic heterocycles. The number of fused-ring (bicyclic) bond motifs is 8. The molecule has 0 spiro atoms. The van der Waals surface area contributed by atoms with Crippen molar-refractivity contribution in [2.75, 3.05) is 4.90 Å². The second-order valence-corrected chi connectivity index (χ2v) is 13.6. The molecule has 4 heteroatoms. The van der Waals surface area contributed by atoms with Gasteiger partial charge in [0.1, 0.15) is 16.7 Å². The van der Waals surface area contributed by atoms with Gasteiger partial charge in [-0.15, -0.1) is 0 Å². The van der Waals surface area contributed by atoms with Crippen LogP contribution in [0, 0.1) is 0 Å². The first-order chi connectivity index (χ1) is 26.2. The average molecular weight is 679 g/mol. The number of nitrogens with zero attached hydrogens (tertiary/aromatic N) is 2. The highest BCUT2D eigenvalue weighted by molar-refractivity contribution is 6.13. The average Bonchev–Trinajstić information content (AvgIpc) is 3.83. The van der Waals surface area contributed by atoms with Crippen LogP contribution in [0.3, 0.4) is 0 Å². The minimum Gasteiger partial charge on any atom is -0.456 e. The summed E-state index contributed by atoms with van der Waals surface area (Å²) in [6.45, 7) is 0. The van der Waals surface area contributed by atoms with Gasteiger partial charge in [-0.2, -0.15) is 0 Å². The minimum atomic E-state index is 0.581. The molecule has 248 valence electrons. The highest BCUT2D eigenvalue weighted by Crippen LogP contribution is 2.44. The highest BCUT2D eigenvalue weighted by atomic mass is 16.3. The number of rotatable bonds is 5. The normalized spacial score (nSPS) is 11.8. The second kappa shape index (κ2) is 11.7. The van der Waals surface area contributed by atoms with Gasteiger partial charge in [0.15, 0.2) is 5.58 Å². The van der Waals surface area contributed by atoms with Crippen LogP contribution in [0.25, 0.3) is 87.9 Å². The fourth-order valence-corrected chi connectivity index (χ4v) is 7.91. The highest BCUT2D eigenvalue weighted by Gasteiger charge is 2.21.